The molecule has 3 aliphatic carbocycles. The van der Waals surface area contributed by atoms with Gasteiger partial charge in [0.05, 0.1) is 25.3 Å². The third-order valence-electron chi connectivity index (χ3n) is 17.7. The van der Waals surface area contributed by atoms with Gasteiger partial charge in [0.2, 0.25) is 29.5 Å². The van der Waals surface area contributed by atoms with E-state index in [-0.39, 0.29) is 80.2 Å². The Bertz CT molecular complexity index is 3130. The molecule has 1 saturated heterocycles. The van der Waals surface area contributed by atoms with Crippen molar-refractivity contribution in [1.82, 2.24) is 30.7 Å². The maximum atomic E-state index is 14.7. The number of ether oxygens (including phenoxy) is 4. The summed E-state index contributed by atoms with van der Waals surface area (Å²) in [5, 5.41) is 22.1. The average Bonchev–Trinajstić information content (AvgIpc) is 0.709. The molecule has 24 heteroatoms. The molecule has 3 aromatic rings. The van der Waals surface area contributed by atoms with Gasteiger partial charge in [-0.15, -0.1) is 0 Å². The molecule has 0 aromatic heterocycles. The molecule has 1 heterocycles. The first kappa shape index (κ1) is 79.0. The third kappa shape index (κ3) is 25.4. The molecule has 3 aromatic carbocycles. The van der Waals surface area contributed by atoms with Crippen LogP contribution < -0.4 is 31.9 Å². The number of amides is 8. The minimum Gasteiger partial charge on any atom is -0.444 e. The number of hydrogen-bond acceptors (Lipinski definition) is 14. The number of likely N-dealkylation sites (N-methyl/N-ethyl adjacent to an activating group) is 2. The van der Waals surface area contributed by atoms with Gasteiger partial charge in [-0.2, -0.15) is 0 Å². The number of carbonyl (C=O) groups excluding carboxylic acids is 8. The number of carbonyl (C=O) groups is 8. The summed E-state index contributed by atoms with van der Waals surface area (Å²) in [7, 11) is 5.18. The first-order chi connectivity index (χ1) is 46.5. The van der Waals surface area contributed by atoms with Gasteiger partial charge in [-0.25, -0.2) is 14.4 Å². The number of rotatable bonds is 38. The summed E-state index contributed by atoms with van der Waals surface area (Å²) in [5.74, 6) is -0.920. The smallest absolute Gasteiger partial charge is 0.410 e. The van der Waals surface area contributed by atoms with Crippen molar-refractivity contribution in [2.75, 3.05) is 89.6 Å². The van der Waals surface area contributed by atoms with Gasteiger partial charge in [-0.05, 0) is 189 Å². The van der Waals surface area contributed by atoms with Crippen LogP contribution in [0.25, 0.3) is 10.4 Å². The predicted molar refractivity (Wildman–Crippen MR) is 381 cm³/mol. The normalized spacial score (nSPS) is 16.6. The molecule has 540 valence electrons. The van der Waals surface area contributed by atoms with Gasteiger partial charge in [0, 0.05) is 119 Å². The molecule has 98 heavy (non-hydrogen) atoms. The predicted octanol–water partition coefficient (Wildman–Crippen LogP) is 13.3. The van der Waals surface area contributed by atoms with Crippen molar-refractivity contribution >= 4 is 64.9 Å². The molecule has 24 nitrogen and oxygen atoms in total. The molecule has 2 atom stereocenters. The van der Waals surface area contributed by atoms with Crippen LogP contribution in [-0.2, 0) is 48.3 Å². The van der Waals surface area contributed by atoms with Crippen LogP contribution in [-0.4, -0.2) is 165 Å². The fourth-order valence-corrected chi connectivity index (χ4v) is 12.8. The zero-order valence-electron chi connectivity index (χ0n) is 60.5. The van der Waals surface area contributed by atoms with Crippen LogP contribution in [0.4, 0.5) is 31.4 Å². The zero-order valence-corrected chi connectivity index (χ0v) is 60.5. The summed E-state index contributed by atoms with van der Waals surface area (Å²) in [6.07, 6.45) is 12.8. The number of azide groups is 1. The average molecular weight is 1360 g/mol. The lowest BCUT2D eigenvalue weighted by Gasteiger charge is -2.51. The maximum absolute atomic E-state index is 14.7. The largest absolute Gasteiger partial charge is 0.444 e. The Balaban J connectivity index is 1.21. The number of hydrogen-bond donors (Lipinski definition) is 6. The standard InChI is InChI=1S/C74H112N12O12/c1-71(2,3)96-68(92)76-39-25-19-13-16-22-28-62(87)79-51-31-34-55-58(46-51)74(38-37-65(90)84(10)42-44-95-45-43-85(11)67(91)61-49-54(50-78-61)82-83-75)59-47-52(80-63(88)29-23-17-14-20-26-40-77-69(93)97-72(4,5)6)32-35-56(59)66(55)57-36-33-53(48-60(57)74)81-64(89)30-24-18-15-21-27-41-86(12)70(94)98-73(7,8)9/h31-36,46-48,54,61,66,78H,13-30,37-45,49-50H2,1-12H3,(H,76,92)(H,77,93)(H,79,87)(H,80,88)(H,81,89)/t54?,61-,66?,74?/m0/s1. The van der Waals surface area contributed by atoms with Gasteiger partial charge in [-0.3, -0.25) is 24.0 Å². The molecule has 0 spiro atoms. The minimum atomic E-state index is -1.04. The number of benzene rings is 3. The highest BCUT2D eigenvalue weighted by Crippen LogP contribution is 2.62. The summed E-state index contributed by atoms with van der Waals surface area (Å²) in [4.78, 5) is 114. The second-order valence-electron chi connectivity index (χ2n) is 29.4. The van der Waals surface area contributed by atoms with Gasteiger partial charge in [0.25, 0.3) is 0 Å². The number of anilines is 3. The number of unbranched alkanes of at least 4 members (excludes halogenated alkanes) is 12. The molecule has 0 saturated carbocycles. The second-order valence-corrected chi connectivity index (χ2v) is 29.4. The van der Waals surface area contributed by atoms with Crippen LogP contribution in [0.2, 0.25) is 0 Å². The van der Waals surface area contributed by atoms with Gasteiger partial charge in [-0.1, -0.05) is 81.1 Å². The molecule has 4 aliphatic rings. The lowest BCUT2D eigenvalue weighted by molar-refractivity contribution is -0.132. The van der Waals surface area contributed by atoms with Crippen molar-refractivity contribution in [2.45, 2.75) is 237 Å². The fourth-order valence-electron chi connectivity index (χ4n) is 12.8. The highest BCUT2D eigenvalue weighted by molar-refractivity contribution is 5.94. The highest BCUT2D eigenvalue weighted by atomic mass is 16.6. The number of nitrogens with one attached hydrogen (secondary N) is 6. The number of nitrogens with zero attached hydrogens (tertiary/aromatic N) is 6. The van der Waals surface area contributed by atoms with E-state index in [9.17, 15) is 38.4 Å². The van der Waals surface area contributed by atoms with Gasteiger partial charge < -0.3 is 65.5 Å². The molecule has 1 fully saturated rings. The Morgan fingerprint density at radius 2 is 0.939 bits per heavy atom. The van der Waals surface area contributed by atoms with Crippen LogP contribution in [0.3, 0.4) is 0 Å². The van der Waals surface area contributed by atoms with E-state index in [4.69, 9.17) is 24.5 Å². The Labute approximate surface area is 580 Å². The molecule has 1 unspecified atom stereocenters. The van der Waals surface area contributed by atoms with E-state index in [2.05, 4.69) is 60.1 Å². The van der Waals surface area contributed by atoms with Crippen molar-refractivity contribution in [3.05, 3.63) is 98.4 Å². The van der Waals surface area contributed by atoms with Gasteiger partial charge in [0.15, 0.2) is 0 Å². The van der Waals surface area contributed by atoms with E-state index in [0.717, 1.165) is 110 Å². The van der Waals surface area contributed by atoms with E-state index in [1.54, 1.807) is 35.8 Å². The Kier molecular flexibility index (Phi) is 30.5. The van der Waals surface area contributed by atoms with Crippen LogP contribution in [0.5, 0.6) is 0 Å². The molecule has 0 radical (unpaired) electrons. The maximum Gasteiger partial charge on any atom is 0.410 e. The van der Waals surface area contributed by atoms with Gasteiger partial charge in [0.1, 0.15) is 16.8 Å². The molecular formula is C74H112N12O12. The quantitative estimate of drug-likeness (QED) is 0.0102. The Morgan fingerprint density at radius 1 is 0.531 bits per heavy atom. The minimum absolute atomic E-state index is 0.0805. The summed E-state index contributed by atoms with van der Waals surface area (Å²) < 4.78 is 22.2. The van der Waals surface area contributed by atoms with E-state index < -0.39 is 40.4 Å². The first-order valence-electron chi connectivity index (χ1n) is 35.5. The Morgan fingerprint density at radius 3 is 1.37 bits per heavy atom. The third-order valence-corrected chi connectivity index (χ3v) is 17.7. The van der Waals surface area contributed by atoms with Crippen molar-refractivity contribution < 1.29 is 57.3 Å². The molecular weight excluding hydrogens is 1250 g/mol. The van der Waals surface area contributed by atoms with Crippen LogP contribution in [0.1, 0.15) is 236 Å². The van der Waals surface area contributed by atoms with Crippen LogP contribution >= 0.6 is 0 Å². The SMILES string of the molecule is CN(CCOCCN(C)C(=O)[C@@H]1CC(N=[N+]=[N-])CN1)C(=O)CCC12c3cc(NC(=O)CCCCCCCNC(=O)OC(C)(C)C)ccc3C(c3ccc(NC(=O)CCCCCCCNC(=O)OC(C)(C)C)cc31)c1ccc(NC(=O)CCCCCCCN(C)C(=O)OC(C)(C)C)cc12. The highest BCUT2D eigenvalue weighted by Gasteiger charge is 2.52. The monoisotopic (exact) mass is 1360 g/mol. The lowest BCUT2D eigenvalue weighted by atomic mass is 9.51. The number of alkyl carbamates (subject to hydrolysis) is 2. The fraction of sp³-hybridized carbons (Fsp3) is 0.649. The topological polar surface area (TPSA) is 304 Å². The summed E-state index contributed by atoms with van der Waals surface area (Å²) in [5.41, 5.74) is 13.7. The van der Waals surface area contributed by atoms with Gasteiger partial charge >= 0.3 is 18.3 Å². The molecule has 1 aliphatic heterocycles. The summed E-state index contributed by atoms with van der Waals surface area (Å²) in [6, 6.07) is 17.4. The van der Waals surface area contributed by atoms with E-state index >= 15 is 0 Å². The summed E-state index contributed by atoms with van der Waals surface area (Å²) >= 11 is 0. The van der Waals surface area contributed by atoms with Crippen LogP contribution in [0, 0.1) is 0 Å². The van der Waals surface area contributed by atoms with Crippen molar-refractivity contribution in [3.8, 4) is 0 Å². The first-order valence-corrected chi connectivity index (χ1v) is 35.5. The van der Waals surface area contributed by atoms with Crippen molar-refractivity contribution in [2.24, 2.45) is 5.11 Å². The Hall–Kier alpha value is -7.95. The lowest BCUT2D eigenvalue weighted by Crippen LogP contribution is -2.43. The van der Waals surface area contributed by atoms with Crippen molar-refractivity contribution in [1.29, 1.82) is 0 Å². The van der Waals surface area contributed by atoms with E-state index in [0.29, 0.717) is 94.7 Å². The zero-order chi connectivity index (χ0) is 71.6. The second kappa shape index (κ2) is 37.9. The molecule has 7 rings (SSSR count). The molecule has 2 bridgehead atoms. The summed E-state index contributed by atoms with van der Waals surface area (Å²) in [6.45, 7) is 19.6. The molecule has 6 N–H and O–H groups in total. The van der Waals surface area contributed by atoms with E-state index in [1.165, 1.54) is 0 Å². The van der Waals surface area contributed by atoms with Crippen molar-refractivity contribution in [3.63, 3.8) is 0 Å². The van der Waals surface area contributed by atoms with E-state index in [1.807, 2.05) is 98.7 Å². The molecule has 8 amide bonds. The van der Waals surface area contributed by atoms with Crippen LogP contribution in [0.15, 0.2) is 59.7 Å².